The van der Waals surface area contributed by atoms with Crippen molar-refractivity contribution in [1.82, 2.24) is 0 Å². The molecule has 22 heavy (non-hydrogen) atoms. The third-order valence-corrected chi connectivity index (χ3v) is 6.44. The fraction of sp³-hybridized carbons (Fsp3) is 0.706. The van der Waals surface area contributed by atoms with Crippen molar-refractivity contribution in [2.24, 2.45) is 20.9 Å². The number of rotatable bonds is 2. The van der Waals surface area contributed by atoms with Crippen LogP contribution in [0.5, 0.6) is 0 Å². The minimum atomic E-state index is -0.169. The first-order valence-corrected chi connectivity index (χ1v) is 9.33. The highest BCUT2D eigenvalue weighted by atomic mass is 32.2. The number of aliphatic imine (C=N–C) groups is 3. The van der Waals surface area contributed by atoms with Crippen LogP contribution in [-0.2, 0) is 0 Å². The van der Waals surface area contributed by atoms with Crippen LogP contribution in [0.25, 0.3) is 0 Å². The summed E-state index contributed by atoms with van der Waals surface area (Å²) in [5.74, 6) is 0.350. The Morgan fingerprint density at radius 1 is 1.23 bits per heavy atom. The van der Waals surface area contributed by atoms with Gasteiger partial charge in [0, 0.05) is 6.21 Å². The number of hydrogen-bond donors (Lipinski definition) is 1. The van der Waals surface area contributed by atoms with Crippen LogP contribution in [-0.4, -0.2) is 40.9 Å². The van der Waals surface area contributed by atoms with Gasteiger partial charge in [-0.05, 0) is 61.8 Å². The molecule has 2 aliphatic heterocycles. The predicted molar refractivity (Wildman–Crippen MR) is 93.0 cm³/mol. The molecule has 2 heterocycles. The summed E-state index contributed by atoms with van der Waals surface area (Å²) in [6.45, 7) is 0. The molecule has 4 rings (SSSR count). The van der Waals surface area contributed by atoms with Gasteiger partial charge in [0.05, 0.1) is 29.1 Å². The van der Waals surface area contributed by atoms with Crippen LogP contribution in [0.4, 0.5) is 0 Å². The summed E-state index contributed by atoms with van der Waals surface area (Å²) in [4.78, 5) is 15.4. The van der Waals surface area contributed by atoms with E-state index in [1.807, 2.05) is 18.0 Å². The average molecular weight is 317 g/mol. The lowest BCUT2D eigenvalue weighted by molar-refractivity contribution is 0.121. The van der Waals surface area contributed by atoms with Crippen molar-refractivity contribution >= 4 is 29.4 Å². The van der Waals surface area contributed by atoms with E-state index in [0.29, 0.717) is 5.92 Å². The molecule has 0 spiro atoms. The SMILES string of the molecule is OC1CCCC(N=CC2N=CN=C3SC4=C(CCCC4)C32)C1. The van der Waals surface area contributed by atoms with Crippen molar-refractivity contribution in [2.75, 3.05) is 0 Å². The highest BCUT2D eigenvalue weighted by molar-refractivity contribution is 8.17. The maximum absolute atomic E-state index is 9.79. The molecule has 0 radical (unpaired) electrons. The van der Waals surface area contributed by atoms with Gasteiger partial charge >= 0.3 is 0 Å². The minimum absolute atomic E-state index is 0.115. The smallest absolute Gasteiger partial charge is 0.111 e. The lowest BCUT2D eigenvalue weighted by Crippen LogP contribution is -2.30. The Kier molecular flexibility index (Phi) is 4.18. The molecule has 0 aromatic heterocycles. The van der Waals surface area contributed by atoms with Gasteiger partial charge in [-0.2, -0.15) is 0 Å². The molecule has 0 aromatic carbocycles. The number of nitrogens with zero attached hydrogens (tertiary/aromatic N) is 3. The molecular formula is C17H23N3OS. The first-order valence-electron chi connectivity index (χ1n) is 8.52. The van der Waals surface area contributed by atoms with Gasteiger partial charge in [0.1, 0.15) is 6.34 Å². The van der Waals surface area contributed by atoms with Crippen LogP contribution < -0.4 is 0 Å². The molecule has 4 nitrogen and oxygen atoms in total. The van der Waals surface area contributed by atoms with Gasteiger partial charge in [-0.3, -0.25) is 9.98 Å². The molecule has 0 bridgehead atoms. The van der Waals surface area contributed by atoms with Gasteiger partial charge in [-0.1, -0.05) is 11.8 Å². The topological polar surface area (TPSA) is 57.3 Å². The quantitative estimate of drug-likeness (QED) is 0.794. The van der Waals surface area contributed by atoms with Crippen LogP contribution in [0.3, 0.4) is 0 Å². The summed E-state index contributed by atoms with van der Waals surface area (Å²) < 4.78 is 0. The standard InChI is InChI=1S/C17H23N3OS/c21-12-5-3-4-11(8-12)18-9-14-16-13-6-1-2-7-15(13)22-17(16)20-10-19-14/h9-12,14,16,21H,1-8H2. The zero-order chi connectivity index (χ0) is 14.9. The van der Waals surface area contributed by atoms with E-state index in [-0.39, 0.29) is 18.2 Å². The van der Waals surface area contributed by atoms with E-state index in [2.05, 4.69) is 9.98 Å². The van der Waals surface area contributed by atoms with Crippen molar-refractivity contribution in [3.63, 3.8) is 0 Å². The monoisotopic (exact) mass is 317 g/mol. The number of hydrogen-bond acceptors (Lipinski definition) is 5. The predicted octanol–water partition coefficient (Wildman–Crippen LogP) is 3.36. The molecule has 1 fully saturated rings. The highest BCUT2D eigenvalue weighted by Crippen LogP contribution is 2.48. The second-order valence-electron chi connectivity index (χ2n) is 6.73. The van der Waals surface area contributed by atoms with Crippen molar-refractivity contribution in [3.8, 4) is 0 Å². The average Bonchev–Trinajstić information content (AvgIpc) is 2.92. The molecule has 0 saturated heterocycles. The molecule has 0 amide bonds. The van der Waals surface area contributed by atoms with Crippen LogP contribution in [0.2, 0.25) is 0 Å². The van der Waals surface area contributed by atoms with E-state index in [1.54, 1.807) is 16.8 Å². The van der Waals surface area contributed by atoms with Crippen molar-refractivity contribution in [3.05, 3.63) is 10.5 Å². The van der Waals surface area contributed by atoms with E-state index in [9.17, 15) is 5.11 Å². The molecule has 4 aliphatic rings. The normalized spacial score (nSPS) is 38.1. The van der Waals surface area contributed by atoms with Crippen molar-refractivity contribution in [2.45, 2.75) is 69.6 Å². The Hall–Kier alpha value is -0.940. The lowest BCUT2D eigenvalue weighted by atomic mass is 9.85. The zero-order valence-corrected chi connectivity index (χ0v) is 13.6. The Morgan fingerprint density at radius 3 is 3.05 bits per heavy atom. The summed E-state index contributed by atoms with van der Waals surface area (Å²) in [7, 11) is 0. The summed E-state index contributed by atoms with van der Waals surface area (Å²) in [6, 6.07) is 0.389. The molecule has 5 heteroatoms. The second-order valence-corrected chi connectivity index (χ2v) is 7.85. The van der Waals surface area contributed by atoms with Gasteiger partial charge in [-0.25, -0.2) is 4.99 Å². The Morgan fingerprint density at radius 2 is 2.14 bits per heavy atom. The number of fused-ring (bicyclic) bond motifs is 2. The van der Waals surface area contributed by atoms with E-state index in [1.165, 1.54) is 30.7 Å². The highest BCUT2D eigenvalue weighted by Gasteiger charge is 2.39. The Balaban J connectivity index is 1.51. The Labute approximate surface area is 135 Å². The molecule has 118 valence electrons. The molecule has 2 aliphatic carbocycles. The first-order chi connectivity index (χ1) is 10.8. The van der Waals surface area contributed by atoms with E-state index < -0.39 is 0 Å². The minimum Gasteiger partial charge on any atom is -0.393 e. The van der Waals surface area contributed by atoms with Gasteiger partial charge < -0.3 is 5.11 Å². The van der Waals surface area contributed by atoms with Crippen LogP contribution in [0.1, 0.15) is 51.4 Å². The van der Waals surface area contributed by atoms with E-state index in [4.69, 9.17) is 4.99 Å². The maximum Gasteiger partial charge on any atom is 0.111 e. The summed E-state index contributed by atoms with van der Waals surface area (Å²) in [5.41, 5.74) is 1.58. The van der Waals surface area contributed by atoms with E-state index in [0.717, 1.165) is 25.7 Å². The molecule has 1 saturated carbocycles. The summed E-state index contributed by atoms with van der Waals surface area (Å²) in [6.07, 6.45) is 12.5. The largest absolute Gasteiger partial charge is 0.393 e. The lowest BCUT2D eigenvalue weighted by Gasteiger charge is -2.25. The maximum atomic E-state index is 9.79. The molecule has 4 unspecified atom stereocenters. The van der Waals surface area contributed by atoms with Gasteiger partial charge in [0.25, 0.3) is 0 Å². The summed E-state index contributed by atoms with van der Waals surface area (Å²) >= 11 is 1.88. The second kappa shape index (κ2) is 6.28. The number of aliphatic hydroxyl groups is 1. The van der Waals surface area contributed by atoms with Crippen molar-refractivity contribution in [1.29, 1.82) is 0 Å². The van der Waals surface area contributed by atoms with Gasteiger partial charge in [0.2, 0.25) is 0 Å². The fourth-order valence-corrected chi connectivity index (χ4v) is 5.37. The van der Waals surface area contributed by atoms with Crippen LogP contribution in [0, 0.1) is 5.92 Å². The van der Waals surface area contributed by atoms with Crippen molar-refractivity contribution < 1.29 is 5.11 Å². The molecular weight excluding hydrogens is 294 g/mol. The molecule has 1 N–H and O–H groups in total. The third kappa shape index (κ3) is 2.81. The Bertz CT molecular complexity index is 566. The fourth-order valence-electron chi connectivity index (χ4n) is 4.01. The number of thioether (sulfide) groups is 1. The van der Waals surface area contributed by atoms with Crippen LogP contribution >= 0.6 is 11.8 Å². The van der Waals surface area contributed by atoms with Crippen LogP contribution in [0.15, 0.2) is 25.5 Å². The molecule has 0 aromatic rings. The molecule has 4 atom stereocenters. The zero-order valence-electron chi connectivity index (χ0n) is 12.8. The van der Waals surface area contributed by atoms with Gasteiger partial charge in [-0.15, -0.1) is 0 Å². The first kappa shape index (κ1) is 14.6. The third-order valence-electron chi connectivity index (χ3n) is 5.16. The van der Waals surface area contributed by atoms with Gasteiger partial charge in [0.15, 0.2) is 0 Å². The summed E-state index contributed by atoms with van der Waals surface area (Å²) in [5, 5.41) is 11.0. The number of aliphatic hydroxyl groups excluding tert-OH is 1. The number of allylic oxidation sites excluding steroid dienone is 1. The van der Waals surface area contributed by atoms with E-state index >= 15 is 0 Å².